The standard InChI is InChI=1S/C10H11ClFNO2/c1-13-5-8(14)9-7(12)4-3-6(11)10(9)15-2/h3-4,13H,5H2,1-2H3. The van der Waals surface area contributed by atoms with Crippen LogP contribution < -0.4 is 10.1 Å². The average Bonchev–Trinajstić information content (AvgIpc) is 2.21. The molecule has 0 unspecified atom stereocenters. The van der Waals surface area contributed by atoms with Gasteiger partial charge in [-0.3, -0.25) is 4.79 Å². The van der Waals surface area contributed by atoms with Crippen molar-refractivity contribution in [2.75, 3.05) is 20.7 Å². The monoisotopic (exact) mass is 231 g/mol. The second-order valence-electron chi connectivity index (χ2n) is 2.89. The first-order valence-corrected chi connectivity index (χ1v) is 4.69. The summed E-state index contributed by atoms with van der Waals surface area (Å²) in [6.45, 7) is 0.0353. The van der Waals surface area contributed by atoms with Crippen LogP contribution in [0.5, 0.6) is 5.75 Å². The highest BCUT2D eigenvalue weighted by molar-refractivity contribution is 6.32. The molecule has 0 aliphatic carbocycles. The van der Waals surface area contributed by atoms with Crippen molar-refractivity contribution >= 4 is 17.4 Å². The van der Waals surface area contributed by atoms with E-state index < -0.39 is 11.6 Å². The molecule has 0 aromatic heterocycles. The van der Waals surface area contributed by atoms with E-state index in [1.807, 2.05) is 0 Å². The lowest BCUT2D eigenvalue weighted by molar-refractivity contribution is 0.0986. The summed E-state index contributed by atoms with van der Waals surface area (Å²) in [5.41, 5.74) is -0.112. The molecular formula is C10H11ClFNO2. The molecule has 0 fully saturated rings. The quantitative estimate of drug-likeness (QED) is 0.805. The second-order valence-corrected chi connectivity index (χ2v) is 3.30. The van der Waals surface area contributed by atoms with E-state index in [4.69, 9.17) is 16.3 Å². The number of likely N-dealkylation sites (N-methyl/N-ethyl adjacent to an activating group) is 1. The topological polar surface area (TPSA) is 38.3 Å². The summed E-state index contributed by atoms with van der Waals surface area (Å²) in [7, 11) is 2.95. The van der Waals surface area contributed by atoms with Gasteiger partial charge in [-0.15, -0.1) is 0 Å². The largest absolute Gasteiger partial charge is 0.494 e. The molecular weight excluding hydrogens is 221 g/mol. The van der Waals surface area contributed by atoms with Crippen LogP contribution in [0.2, 0.25) is 5.02 Å². The summed E-state index contributed by atoms with van der Waals surface area (Å²) >= 11 is 5.78. The van der Waals surface area contributed by atoms with E-state index in [2.05, 4.69) is 5.32 Å². The van der Waals surface area contributed by atoms with Crippen molar-refractivity contribution in [3.8, 4) is 5.75 Å². The lowest BCUT2D eigenvalue weighted by atomic mass is 10.1. The van der Waals surface area contributed by atoms with E-state index in [0.29, 0.717) is 0 Å². The summed E-state index contributed by atoms with van der Waals surface area (Å²) in [5.74, 6) is -0.942. The normalized spacial score (nSPS) is 10.1. The van der Waals surface area contributed by atoms with Crippen LogP contribution in [0.25, 0.3) is 0 Å². The van der Waals surface area contributed by atoms with Gasteiger partial charge in [0.25, 0.3) is 0 Å². The van der Waals surface area contributed by atoms with E-state index in [1.54, 1.807) is 7.05 Å². The molecule has 0 aliphatic rings. The van der Waals surface area contributed by atoms with Crippen LogP contribution in [0.3, 0.4) is 0 Å². The van der Waals surface area contributed by atoms with Crippen LogP contribution in [-0.2, 0) is 0 Å². The third-order valence-corrected chi connectivity index (χ3v) is 2.18. The minimum absolute atomic E-state index is 0.0353. The number of benzene rings is 1. The Labute approximate surface area is 92.2 Å². The second kappa shape index (κ2) is 5.09. The highest BCUT2D eigenvalue weighted by Gasteiger charge is 2.19. The lowest BCUT2D eigenvalue weighted by Gasteiger charge is -2.09. The van der Waals surface area contributed by atoms with Crippen molar-refractivity contribution in [2.45, 2.75) is 0 Å². The van der Waals surface area contributed by atoms with Crippen LogP contribution in [0.1, 0.15) is 10.4 Å². The zero-order valence-corrected chi connectivity index (χ0v) is 9.19. The van der Waals surface area contributed by atoms with Gasteiger partial charge in [-0.1, -0.05) is 11.6 Å². The molecule has 1 N–H and O–H groups in total. The molecule has 0 spiro atoms. The molecule has 0 saturated carbocycles. The fourth-order valence-corrected chi connectivity index (χ4v) is 1.48. The Kier molecular flexibility index (Phi) is 4.05. The first kappa shape index (κ1) is 11.9. The molecule has 5 heteroatoms. The molecule has 0 saturated heterocycles. The maximum atomic E-state index is 13.4. The first-order chi connectivity index (χ1) is 7.11. The molecule has 0 amide bonds. The van der Waals surface area contributed by atoms with Crippen molar-refractivity contribution in [3.05, 3.63) is 28.5 Å². The number of ether oxygens (including phenoxy) is 1. The number of hydrogen-bond acceptors (Lipinski definition) is 3. The van der Waals surface area contributed by atoms with Gasteiger partial charge in [-0.05, 0) is 19.2 Å². The molecule has 0 atom stereocenters. The fourth-order valence-electron chi connectivity index (χ4n) is 1.24. The summed E-state index contributed by atoms with van der Waals surface area (Å²) < 4.78 is 18.3. The zero-order chi connectivity index (χ0) is 11.4. The third kappa shape index (κ3) is 2.46. The van der Waals surface area contributed by atoms with Gasteiger partial charge < -0.3 is 10.1 Å². The highest BCUT2D eigenvalue weighted by Crippen LogP contribution is 2.30. The molecule has 1 aromatic rings. The maximum absolute atomic E-state index is 13.4. The van der Waals surface area contributed by atoms with Crippen molar-refractivity contribution in [2.24, 2.45) is 0 Å². The maximum Gasteiger partial charge on any atom is 0.183 e. The van der Waals surface area contributed by atoms with Gasteiger partial charge >= 0.3 is 0 Å². The van der Waals surface area contributed by atoms with Crippen LogP contribution in [0.4, 0.5) is 4.39 Å². The molecule has 0 heterocycles. The van der Waals surface area contributed by atoms with Crippen molar-refractivity contribution in [3.63, 3.8) is 0 Å². The Morgan fingerprint density at radius 1 is 1.60 bits per heavy atom. The Hall–Kier alpha value is -1.13. The molecule has 0 radical (unpaired) electrons. The Bertz CT molecular complexity index is 382. The SMILES string of the molecule is CNCC(=O)c1c(F)ccc(Cl)c1OC. The first-order valence-electron chi connectivity index (χ1n) is 4.31. The van der Waals surface area contributed by atoms with Crippen LogP contribution >= 0.6 is 11.6 Å². The van der Waals surface area contributed by atoms with Crippen LogP contribution in [0.15, 0.2) is 12.1 Å². The van der Waals surface area contributed by atoms with E-state index in [9.17, 15) is 9.18 Å². The Balaban J connectivity index is 3.24. The minimum Gasteiger partial charge on any atom is -0.494 e. The highest BCUT2D eigenvalue weighted by atomic mass is 35.5. The van der Waals surface area contributed by atoms with Crippen molar-refractivity contribution < 1.29 is 13.9 Å². The summed E-state index contributed by atoms with van der Waals surface area (Å²) in [5, 5.41) is 2.87. The molecule has 82 valence electrons. The molecule has 1 aromatic carbocycles. The summed E-state index contributed by atoms with van der Waals surface area (Å²) in [6.07, 6.45) is 0. The Morgan fingerprint density at radius 2 is 2.27 bits per heavy atom. The average molecular weight is 232 g/mol. The van der Waals surface area contributed by atoms with E-state index in [-0.39, 0.29) is 22.9 Å². The summed E-state index contributed by atoms with van der Waals surface area (Å²) in [4.78, 5) is 11.6. The van der Waals surface area contributed by atoms with E-state index in [0.717, 1.165) is 6.07 Å². The molecule has 0 aliphatic heterocycles. The third-order valence-electron chi connectivity index (χ3n) is 1.88. The predicted molar refractivity (Wildman–Crippen MR) is 56.2 cm³/mol. The number of ketones is 1. The van der Waals surface area contributed by atoms with Gasteiger partial charge in [-0.25, -0.2) is 4.39 Å². The van der Waals surface area contributed by atoms with Gasteiger partial charge in [-0.2, -0.15) is 0 Å². The van der Waals surface area contributed by atoms with E-state index in [1.165, 1.54) is 13.2 Å². The van der Waals surface area contributed by atoms with Gasteiger partial charge in [0, 0.05) is 0 Å². The Morgan fingerprint density at radius 3 is 2.80 bits per heavy atom. The number of halogens is 2. The molecule has 15 heavy (non-hydrogen) atoms. The minimum atomic E-state index is -0.628. The summed E-state index contributed by atoms with van der Waals surface area (Å²) in [6, 6.07) is 2.50. The smallest absolute Gasteiger partial charge is 0.183 e. The molecule has 3 nitrogen and oxygen atoms in total. The van der Waals surface area contributed by atoms with Gasteiger partial charge in [0.15, 0.2) is 11.5 Å². The fraction of sp³-hybridized carbons (Fsp3) is 0.300. The van der Waals surface area contributed by atoms with Crippen LogP contribution in [-0.4, -0.2) is 26.5 Å². The van der Waals surface area contributed by atoms with Crippen molar-refractivity contribution in [1.82, 2.24) is 5.32 Å². The number of nitrogens with one attached hydrogen (secondary N) is 1. The number of methoxy groups -OCH3 is 1. The number of hydrogen-bond donors (Lipinski definition) is 1. The van der Waals surface area contributed by atoms with Gasteiger partial charge in [0.2, 0.25) is 0 Å². The molecule has 0 bridgehead atoms. The number of rotatable bonds is 4. The predicted octanol–water partition coefficient (Wildman–Crippen LogP) is 1.89. The van der Waals surface area contributed by atoms with Crippen LogP contribution in [0, 0.1) is 5.82 Å². The zero-order valence-electron chi connectivity index (χ0n) is 8.43. The number of carbonyl (C=O) groups excluding carboxylic acids is 1. The van der Waals surface area contributed by atoms with Gasteiger partial charge in [0.05, 0.1) is 24.2 Å². The number of carbonyl (C=O) groups is 1. The van der Waals surface area contributed by atoms with Crippen molar-refractivity contribution in [1.29, 1.82) is 0 Å². The van der Waals surface area contributed by atoms with Gasteiger partial charge in [0.1, 0.15) is 5.82 Å². The molecule has 1 rings (SSSR count). The van der Waals surface area contributed by atoms with E-state index >= 15 is 0 Å². The number of Topliss-reactive ketones (excluding diaryl/α,β-unsaturated/α-hetero) is 1. The lowest BCUT2D eigenvalue weighted by Crippen LogP contribution is -2.20.